The number of rotatable bonds is 7. The van der Waals surface area contributed by atoms with E-state index >= 15 is 0 Å². The van der Waals surface area contributed by atoms with Gasteiger partial charge >= 0.3 is 11.7 Å². The second-order valence-electron chi connectivity index (χ2n) is 7.09. The first-order valence-electron chi connectivity index (χ1n) is 9.86. The summed E-state index contributed by atoms with van der Waals surface area (Å²) >= 11 is 3.42. The number of aryl methyl sites for hydroxylation is 2. The number of esters is 1. The highest BCUT2D eigenvalue weighted by molar-refractivity contribution is 9.10. The standard InChI is InChI=1S/C22H21BrN4O7/c1-11-7-13(8-12(2)19(11)34-14-5-6-16(32-3)15(23)9-14)27-22(31)25-21(30)18(26-27)20(29)24-10-17(28)33-4/h5-9H,10H2,1-4H3,(H,24,29)(H,25,30,31). The number of ether oxygens (including phenoxy) is 3. The van der Waals surface area contributed by atoms with E-state index in [9.17, 15) is 19.2 Å². The molecule has 178 valence electrons. The fourth-order valence-corrected chi connectivity index (χ4v) is 3.59. The molecule has 34 heavy (non-hydrogen) atoms. The van der Waals surface area contributed by atoms with E-state index in [1.165, 1.54) is 0 Å². The quantitative estimate of drug-likeness (QED) is 0.440. The second-order valence-corrected chi connectivity index (χ2v) is 7.94. The average molecular weight is 533 g/mol. The van der Waals surface area contributed by atoms with Gasteiger partial charge in [0.1, 0.15) is 23.8 Å². The van der Waals surface area contributed by atoms with Gasteiger partial charge in [0.2, 0.25) is 5.69 Å². The van der Waals surface area contributed by atoms with Crippen LogP contribution >= 0.6 is 15.9 Å². The average Bonchev–Trinajstić information content (AvgIpc) is 2.79. The van der Waals surface area contributed by atoms with Crippen molar-refractivity contribution in [2.45, 2.75) is 13.8 Å². The lowest BCUT2D eigenvalue weighted by Gasteiger charge is -2.15. The van der Waals surface area contributed by atoms with E-state index in [1.54, 1.807) is 51.3 Å². The maximum absolute atomic E-state index is 12.4. The Morgan fingerprint density at radius 1 is 1.12 bits per heavy atom. The highest BCUT2D eigenvalue weighted by atomic mass is 79.9. The van der Waals surface area contributed by atoms with Gasteiger partial charge in [-0.15, -0.1) is 0 Å². The molecule has 0 aliphatic carbocycles. The lowest BCUT2D eigenvalue weighted by Crippen LogP contribution is -2.40. The predicted octanol–water partition coefficient (Wildman–Crippen LogP) is 2.00. The monoisotopic (exact) mass is 532 g/mol. The molecular weight excluding hydrogens is 512 g/mol. The zero-order valence-corrected chi connectivity index (χ0v) is 20.3. The molecule has 3 rings (SSSR count). The van der Waals surface area contributed by atoms with E-state index in [0.29, 0.717) is 34.1 Å². The van der Waals surface area contributed by atoms with Gasteiger partial charge in [0, 0.05) is 0 Å². The normalized spacial score (nSPS) is 10.5. The van der Waals surface area contributed by atoms with Crippen LogP contribution in [0, 0.1) is 13.8 Å². The van der Waals surface area contributed by atoms with E-state index < -0.39 is 35.4 Å². The molecule has 1 aromatic heterocycles. The second kappa shape index (κ2) is 10.3. The molecule has 0 spiro atoms. The van der Waals surface area contributed by atoms with Crippen LogP contribution in [0.25, 0.3) is 5.69 Å². The third-order valence-corrected chi connectivity index (χ3v) is 5.32. The Morgan fingerprint density at radius 3 is 2.38 bits per heavy atom. The molecule has 0 atom stereocenters. The number of amides is 1. The van der Waals surface area contributed by atoms with Gasteiger partial charge in [0.25, 0.3) is 11.5 Å². The van der Waals surface area contributed by atoms with Crippen molar-refractivity contribution in [1.82, 2.24) is 20.1 Å². The number of halogens is 1. The molecule has 0 radical (unpaired) electrons. The van der Waals surface area contributed by atoms with Crippen LogP contribution in [0.3, 0.4) is 0 Å². The Morgan fingerprint density at radius 2 is 1.79 bits per heavy atom. The van der Waals surface area contributed by atoms with Crippen LogP contribution in [0.1, 0.15) is 21.6 Å². The highest BCUT2D eigenvalue weighted by Gasteiger charge is 2.18. The minimum Gasteiger partial charge on any atom is -0.496 e. The van der Waals surface area contributed by atoms with Gasteiger partial charge in [0.15, 0.2) is 0 Å². The summed E-state index contributed by atoms with van der Waals surface area (Å²) in [5.41, 5.74) is -0.732. The summed E-state index contributed by atoms with van der Waals surface area (Å²) in [4.78, 5) is 50.1. The number of carbonyl (C=O) groups is 2. The zero-order chi connectivity index (χ0) is 25.0. The van der Waals surface area contributed by atoms with E-state index in [4.69, 9.17) is 9.47 Å². The smallest absolute Gasteiger partial charge is 0.349 e. The minimum atomic E-state index is -0.984. The SMILES string of the molecule is COC(=O)CNC(=O)c1nn(-c2cc(C)c(Oc3ccc(OC)c(Br)c3)c(C)c2)c(=O)[nH]c1=O. The number of benzene rings is 2. The maximum atomic E-state index is 12.4. The van der Waals surface area contributed by atoms with Crippen molar-refractivity contribution >= 4 is 27.8 Å². The van der Waals surface area contributed by atoms with Crippen molar-refractivity contribution in [3.63, 3.8) is 0 Å². The predicted molar refractivity (Wildman–Crippen MR) is 125 cm³/mol. The van der Waals surface area contributed by atoms with Gasteiger partial charge in [-0.1, -0.05) is 0 Å². The number of nitrogens with zero attached hydrogens (tertiary/aromatic N) is 2. The Labute approximate surface area is 201 Å². The van der Waals surface area contributed by atoms with Crippen molar-refractivity contribution in [2.75, 3.05) is 20.8 Å². The Hall–Kier alpha value is -3.93. The molecule has 2 aromatic carbocycles. The van der Waals surface area contributed by atoms with Crippen molar-refractivity contribution in [2.24, 2.45) is 0 Å². The van der Waals surface area contributed by atoms with Gasteiger partial charge in [-0.3, -0.25) is 19.4 Å². The molecule has 2 N–H and O–H groups in total. The van der Waals surface area contributed by atoms with Crippen LogP contribution in [0.2, 0.25) is 0 Å². The van der Waals surface area contributed by atoms with Crippen LogP contribution in [0.4, 0.5) is 0 Å². The van der Waals surface area contributed by atoms with Gasteiger partial charge < -0.3 is 19.5 Å². The summed E-state index contributed by atoms with van der Waals surface area (Å²) in [6, 6.07) is 8.53. The van der Waals surface area contributed by atoms with Crippen LogP contribution in [0.5, 0.6) is 17.2 Å². The summed E-state index contributed by atoms with van der Waals surface area (Å²) in [7, 11) is 2.72. The molecule has 3 aromatic rings. The molecule has 0 bridgehead atoms. The summed E-state index contributed by atoms with van der Waals surface area (Å²) in [6.45, 7) is 3.11. The first-order valence-corrected chi connectivity index (χ1v) is 10.7. The molecule has 0 fully saturated rings. The zero-order valence-electron chi connectivity index (χ0n) is 18.7. The molecule has 11 nitrogen and oxygen atoms in total. The number of hydrogen-bond donors (Lipinski definition) is 2. The van der Waals surface area contributed by atoms with E-state index in [2.05, 4.69) is 36.1 Å². The Kier molecular flexibility index (Phi) is 7.51. The van der Waals surface area contributed by atoms with Gasteiger partial charge in [-0.25, -0.2) is 4.79 Å². The number of hydrogen-bond acceptors (Lipinski definition) is 8. The van der Waals surface area contributed by atoms with Gasteiger partial charge in [-0.05, 0) is 71.2 Å². The number of aromatic nitrogens is 3. The van der Waals surface area contributed by atoms with Gasteiger partial charge in [-0.2, -0.15) is 9.78 Å². The molecule has 0 aliphatic rings. The lowest BCUT2D eigenvalue weighted by atomic mass is 10.1. The van der Waals surface area contributed by atoms with E-state index in [0.717, 1.165) is 16.3 Å². The highest BCUT2D eigenvalue weighted by Crippen LogP contribution is 2.34. The van der Waals surface area contributed by atoms with Crippen molar-refractivity contribution < 1.29 is 23.8 Å². The molecular formula is C22H21BrN4O7. The fourth-order valence-electron chi connectivity index (χ4n) is 3.07. The van der Waals surface area contributed by atoms with Crippen molar-refractivity contribution in [3.05, 3.63) is 72.5 Å². The molecule has 0 saturated heterocycles. The van der Waals surface area contributed by atoms with E-state index in [-0.39, 0.29) is 0 Å². The molecule has 1 amide bonds. The largest absolute Gasteiger partial charge is 0.496 e. The third kappa shape index (κ3) is 5.34. The topological polar surface area (TPSA) is 142 Å². The first kappa shape index (κ1) is 24.7. The van der Waals surface area contributed by atoms with Crippen molar-refractivity contribution in [1.29, 1.82) is 0 Å². The molecule has 0 unspecified atom stereocenters. The fraction of sp³-hybridized carbons (Fsp3) is 0.227. The van der Waals surface area contributed by atoms with Crippen molar-refractivity contribution in [3.8, 4) is 22.9 Å². The number of carbonyl (C=O) groups excluding carboxylic acids is 2. The first-order chi connectivity index (χ1) is 16.1. The number of nitrogens with one attached hydrogen (secondary N) is 2. The Bertz CT molecular complexity index is 1360. The molecule has 1 heterocycles. The molecule has 12 heteroatoms. The van der Waals surface area contributed by atoms with Crippen LogP contribution in [-0.2, 0) is 9.53 Å². The van der Waals surface area contributed by atoms with Crippen LogP contribution in [0.15, 0.2) is 44.4 Å². The summed E-state index contributed by atoms with van der Waals surface area (Å²) in [5.74, 6) is 0.152. The van der Waals surface area contributed by atoms with E-state index in [1.807, 2.05) is 0 Å². The molecule has 0 saturated carbocycles. The third-order valence-electron chi connectivity index (χ3n) is 4.70. The van der Waals surface area contributed by atoms with Gasteiger partial charge in [0.05, 0.1) is 24.4 Å². The molecule has 0 aliphatic heterocycles. The minimum absolute atomic E-state index is 0.307. The maximum Gasteiger partial charge on any atom is 0.349 e. The van der Waals surface area contributed by atoms with Crippen LogP contribution in [-0.4, -0.2) is 47.4 Å². The summed E-state index contributed by atoms with van der Waals surface area (Å²) in [5, 5.41) is 6.12. The number of methoxy groups -OCH3 is 2. The van der Waals surface area contributed by atoms with Crippen LogP contribution < -0.4 is 26.0 Å². The number of H-pyrrole nitrogens is 1. The Balaban J connectivity index is 1.95. The summed E-state index contributed by atoms with van der Waals surface area (Å²) < 4.78 is 17.3. The lowest BCUT2D eigenvalue weighted by molar-refractivity contribution is -0.139. The number of aromatic amines is 1. The summed E-state index contributed by atoms with van der Waals surface area (Å²) in [6.07, 6.45) is 0.